The molecule has 1 aliphatic rings. The predicted molar refractivity (Wildman–Crippen MR) is 80.9 cm³/mol. The third-order valence-corrected chi connectivity index (χ3v) is 5.07. The highest BCUT2D eigenvalue weighted by molar-refractivity contribution is 5.75. The third-order valence-electron chi connectivity index (χ3n) is 5.07. The Bertz CT molecular complexity index is 512. The molecule has 20 heavy (non-hydrogen) atoms. The van der Waals surface area contributed by atoms with Crippen LogP contribution in [0.2, 0.25) is 0 Å². The fraction of sp³-hybridized carbons (Fsp3) is 0.588. The van der Waals surface area contributed by atoms with E-state index in [2.05, 4.69) is 43.9 Å². The molecule has 2 atom stereocenters. The molecule has 1 fully saturated rings. The normalized spacial score (nSPS) is 24.8. The molecule has 0 aliphatic carbocycles. The number of carboxylic acid groups (broad SMARTS) is 1. The summed E-state index contributed by atoms with van der Waals surface area (Å²) in [5.41, 5.74) is 3.34. The maximum atomic E-state index is 11.5. The lowest BCUT2D eigenvalue weighted by atomic mass is 9.84. The van der Waals surface area contributed by atoms with Gasteiger partial charge in [-0.25, -0.2) is 0 Å². The van der Waals surface area contributed by atoms with Gasteiger partial charge in [-0.1, -0.05) is 25.1 Å². The van der Waals surface area contributed by atoms with Gasteiger partial charge in [-0.3, -0.25) is 9.69 Å². The van der Waals surface area contributed by atoms with Crippen molar-refractivity contribution in [3.05, 3.63) is 34.9 Å². The first-order valence-electron chi connectivity index (χ1n) is 7.44. The Balaban J connectivity index is 2.17. The minimum Gasteiger partial charge on any atom is -0.481 e. The lowest BCUT2D eigenvalue weighted by Crippen LogP contribution is -2.35. The van der Waals surface area contributed by atoms with Crippen LogP contribution in [-0.4, -0.2) is 29.1 Å². The average molecular weight is 275 g/mol. The van der Waals surface area contributed by atoms with Gasteiger partial charge in [-0.15, -0.1) is 0 Å². The first-order valence-corrected chi connectivity index (χ1v) is 7.44. The quantitative estimate of drug-likeness (QED) is 0.913. The number of likely N-dealkylation sites (tertiary alicyclic amines) is 1. The summed E-state index contributed by atoms with van der Waals surface area (Å²) in [6, 6.07) is 6.83. The molecular formula is C17H25NO2. The summed E-state index contributed by atoms with van der Waals surface area (Å²) in [6.45, 7) is 9.94. The summed E-state index contributed by atoms with van der Waals surface area (Å²) in [7, 11) is 0. The lowest BCUT2D eigenvalue weighted by Gasteiger charge is -2.28. The molecule has 3 heteroatoms. The Hall–Kier alpha value is -1.35. The van der Waals surface area contributed by atoms with E-state index in [-0.39, 0.29) is 6.04 Å². The number of carbonyl (C=O) groups is 1. The van der Waals surface area contributed by atoms with Gasteiger partial charge in [0.2, 0.25) is 0 Å². The third kappa shape index (κ3) is 2.59. The van der Waals surface area contributed by atoms with Crippen LogP contribution in [0.1, 0.15) is 49.4 Å². The number of nitrogens with zero attached hydrogens (tertiary/aromatic N) is 1. The van der Waals surface area contributed by atoms with Crippen LogP contribution < -0.4 is 0 Å². The van der Waals surface area contributed by atoms with E-state index in [4.69, 9.17) is 0 Å². The molecule has 3 nitrogen and oxygen atoms in total. The van der Waals surface area contributed by atoms with Gasteiger partial charge < -0.3 is 5.11 Å². The molecule has 1 aliphatic heterocycles. The van der Waals surface area contributed by atoms with Crippen molar-refractivity contribution < 1.29 is 9.90 Å². The van der Waals surface area contributed by atoms with E-state index in [1.165, 1.54) is 16.7 Å². The number of benzene rings is 1. The fourth-order valence-electron chi connectivity index (χ4n) is 3.08. The van der Waals surface area contributed by atoms with Crippen LogP contribution in [0.4, 0.5) is 0 Å². The highest BCUT2D eigenvalue weighted by Gasteiger charge is 2.44. The number of carboxylic acids is 1. The molecule has 0 amide bonds. The number of rotatable bonds is 4. The van der Waals surface area contributed by atoms with Gasteiger partial charge in [-0.05, 0) is 56.8 Å². The molecular weight excluding hydrogens is 250 g/mol. The minimum absolute atomic E-state index is 0.280. The second kappa shape index (κ2) is 5.57. The maximum absolute atomic E-state index is 11.5. The average Bonchev–Trinajstić information content (AvgIpc) is 2.87. The molecule has 110 valence electrons. The van der Waals surface area contributed by atoms with Crippen molar-refractivity contribution in [2.75, 3.05) is 13.1 Å². The zero-order valence-electron chi connectivity index (χ0n) is 12.9. The molecule has 1 saturated heterocycles. The van der Waals surface area contributed by atoms with Crippen LogP contribution in [0, 0.1) is 19.3 Å². The zero-order valence-corrected chi connectivity index (χ0v) is 12.9. The highest BCUT2D eigenvalue weighted by atomic mass is 16.4. The second-order valence-corrected chi connectivity index (χ2v) is 6.18. The largest absolute Gasteiger partial charge is 0.481 e. The van der Waals surface area contributed by atoms with Gasteiger partial charge in [0.15, 0.2) is 0 Å². The Morgan fingerprint density at radius 3 is 2.60 bits per heavy atom. The molecule has 1 aromatic rings. The smallest absolute Gasteiger partial charge is 0.310 e. The van der Waals surface area contributed by atoms with E-state index in [1.807, 2.05) is 6.92 Å². The van der Waals surface area contributed by atoms with Crippen LogP contribution >= 0.6 is 0 Å². The maximum Gasteiger partial charge on any atom is 0.310 e. The molecule has 0 aromatic heterocycles. The van der Waals surface area contributed by atoms with Gasteiger partial charge in [0.1, 0.15) is 0 Å². The van der Waals surface area contributed by atoms with Crippen molar-refractivity contribution in [1.29, 1.82) is 0 Å². The molecule has 0 bridgehead atoms. The minimum atomic E-state index is -0.644. The van der Waals surface area contributed by atoms with Crippen LogP contribution in [0.15, 0.2) is 18.2 Å². The molecule has 1 aromatic carbocycles. The number of aliphatic carboxylic acids is 1. The Morgan fingerprint density at radius 2 is 2.10 bits per heavy atom. The number of hydrogen-bond donors (Lipinski definition) is 1. The van der Waals surface area contributed by atoms with Crippen molar-refractivity contribution in [2.24, 2.45) is 5.41 Å². The van der Waals surface area contributed by atoms with Gasteiger partial charge >= 0.3 is 5.97 Å². The standard InChI is InChI=1S/C17H25NO2/c1-5-17(16(19)20)8-9-18(11-17)14(4)15-7-6-12(2)13(3)10-15/h6-7,10,14H,5,8-9,11H2,1-4H3,(H,19,20). The monoisotopic (exact) mass is 275 g/mol. The molecule has 0 saturated carbocycles. The van der Waals surface area contributed by atoms with E-state index in [0.29, 0.717) is 13.0 Å². The molecule has 1 heterocycles. The van der Waals surface area contributed by atoms with Gasteiger partial charge in [0.25, 0.3) is 0 Å². The van der Waals surface area contributed by atoms with Crippen molar-refractivity contribution in [1.82, 2.24) is 4.90 Å². The molecule has 2 rings (SSSR count). The summed E-state index contributed by atoms with van der Waals surface area (Å²) >= 11 is 0. The van der Waals surface area contributed by atoms with E-state index in [1.54, 1.807) is 0 Å². The van der Waals surface area contributed by atoms with Crippen LogP contribution in [0.5, 0.6) is 0 Å². The second-order valence-electron chi connectivity index (χ2n) is 6.18. The Labute approximate surface area is 121 Å². The Morgan fingerprint density at radius 1 is 1.40 bits per heavy atom. The van der Waals surface area contributed by atoms with Crippen molar-refractivity contribution in [3.63, 3.8) is 0 Å². The van der Waals surface area contributed by atoms with Crippen molar-refractivity contribution >= 4 is 5.97 Å². The molecule has 0 spiro atoms. The van der Waals surface area contributed by atoms with E-state index in [9.17, 15) is 9.90 Å². The van der Waals surface area contributed by atoms with Crippen molar-refractivity contribution in [3.8, 4) is 0 Å². The summed E-state index contributed by atoms with van der Waals surface area (Å²) in [5.74, 6) is -0.644. The summed E-state index contributed by atoms with van der Waals surface area (Å²) in [4.78, 5) is 13.8. The first kappa shape index (κ1) is 15.0. The fourth-order valence-corrected chi connectivity index (χ4v) is 3.08. The van der Waals surface area contributed by atoms with E-state index < -0.39 is 11.4 Å². The first-order chi connectivity index (χ1) is 9.39. The number of aryl methyl sites for hydroxylation is 2. The summed E-state index contributed by atoms with van der Waals surface area (Å²) in [6.07, 6.45) is 1.46. The SMILES string of the molecule is CCC1(C(=O)O)CCN(C(C)c2ccc(C)c(C)c2)C1. The molecule has 2 unspecified atom stereocenters. The van der Waals surface area contributed by atoms with Gasteiger partial charge in [0.05, 0.1) is 5.41 Å². The lowest BCUT2D eigenvalue weighted by molar-refractivity contribution is -0.148. The zero-order chi connectivity index (χ0) is 14.9. The Kier molecular flexibility index (Phi) is 4.19. The summed E-state index contributed by atoms with van der Waals surface area (Å²) in [5, 5.41) is 9.49. The number of hydrogen-bond acceptors (Lipinski definition) is 2. The topological polar surface area (TPSA) is 40.5 Å². The van der Waals surface area contributed by atoms with Gasteiger partial charge in [-0.2, -0.15) is 0 Å². The summed E-state index contributed by atoms with van der Waals surface area (Å²) < 4.78 is 0. The van der Waals surface area contributed by atoms with E-state index in [0.717, 1.165) is 13.0 Å². The predicted octanol–water partition coefficient (Wildman–Crippen LogP) is 3.55. The van der Waals surface area contributed by atoms with Crippen LogP contribution in [-0.2, 0) is 4.79 Å². The van der Waals surface area contributed by atoms with E-state index >= 15 is 0 Å². The van der Waals surface area contributed by atoms with Crippen LogP contribution in [0.25, 0.3) is 0 Å². The highest BCUT2D eigenvalue weighted by Crippen LogP contribution is 2.38. The molecule has 1 N–H and O–H groups in total. The molecule has 0 radical (unpaired) electrons. The van der Waals surface area contributed by atoms with Crippen LogP contribution in [0.3, 0.4) is 0 Å². The van der Waals surface area contributed by atoms with Crippen molar-refractivity contribution in [2.45, 2.75) is 46.6 Å². The van der Waals surface area contributed by atoms with Gasteiger partial charge in [0, 0.05) is 12.6 Å².